The summed E-state index contributed by atoms with van der Waals surface area (Å²) >= 11 is 5.93. The van der Waals surface area contributed by atoms with Crippen LogP contribution in [0, 0.1) is 17.2 Å². The average Bonchev–Trinajstić information content (AvgIpc) is 2.47. The van der Waals surface area contributed by atoms with Crippen molar-refractivity contribution in [3.63, 3.8) is 0 Å². The highest BCUT2D eigenvalue weighted by Crippen LogP contribution is 2.22. The van der Waals surface area contributed by atoms with Gasteiger partial charge in [-0.15, -0.1) is 0 Å². The van der Waals surface area contributed by atoms with E-state index in [1.807, 2.05) is 26.8 Å². The number of rotatable bonds is 2. The Balaban J connectivity index is 1.95. The van der Waals surface area contributed by atoms with E-state index in [1.165, 1.54) is 6.20 Å². The topological polar surface area (TPSA) is 91.1 Å². The maximum atomic E-state index is 12.2. The number of anilines is 1. The number of piperidine rings is 1. The van der Waals surface area contributed by atoms with E-state index in [0.717, 1.165) is 6.42 Å². The number of hydrogen-bond donors (Lipinski definition) is 1. The fourth-order valence-electron chi connectivity index (χ4n) is 2.52. The Morgan fingerprint density at radius 1 is 1.54 bits per heavy atom. The standard InChI is InChI=1S/C16H22ClN5O2/c1-10-9-22(15(23)24-16(2,3)4)6-5-12(10)20-14-19-8-11(7-18)13(17)21-14/h8,10,12H,5-6,9H2,1-4H3,(H,19,20,21)/t10-,12+/m1/s1. The van der Waals surface area contributed by atoms with Gasteiger partial charge in [0, 0.05) is 19.1 Å². The van der Waals surface area contributed by atoms with E-state index in [4.69, 9.17) is 21.6 Å². The van der Waals surface area contributed by atoms with Crippen molar-refractivity contribution in [3.05, 3.63) is 16.9 Å². The van der Waals surface area contributed by atoms with Crippen molar-refractivity contribution in [1.82, 2.24) is 14.9 Å². The van der Waals surface area contributed by atoms with Crippen LogP contribution in [0.2, 0.25) is 5.15 Å². The van der Waals surface area contributed by atoms with Gasteiger partial charge in [-0.1, -0.05) is 18.5 Å². The average molecular weight is 352 g/mol. The number of ether oxygens (including phenoxy) is 1. The molecular weight excluding hydrogens is 330 g/mol. The van der Waals surface area contributed by atoms with Crippen molar-refractivity contribution in [2.45, 2.75) is 45.8 Å². The van der Waals surface area contributed by atoms with Crippen LogP contribution in [0.5, 0.6) is 0 Å². The number of carbonyl (C=O) groups excluding carboxylic acids is 1. The fourth-order valence-corrected chi connectivity index (χ4v) is 2.69. The summed E-state index contributed by atoms with van der Waals surface area (Å²) in [6.07, 6.45) is 1.87. The van der Waals surface area contributed by atoms with Gasteiger partial charge in [-0.05, 0) is 33.1 Å². The van der Waals surface area contributed by atoms with E-state index >= 15 is 0 Å². The van der Waals surface area contributed by atoms with Crippen LogP contribution in [0.25, 0.3) is 0 Å². The van der Waals surface area contributed by atoms with Crippen molar-refractivity contribution >= 4 is 23.6 Å². The Kier molecular flexibility index (Phi) is 5.50. The van der Waals surface area contributed by atoms with Gasteiger partial charge in [0.05, 0.1) is 6.20 Å². The van der Waals surface area contributed by atoms with Crippen LogP contribution in [0.3, 0.4) is 0 Å². The van der Waals surface area contributed by atoms with E-state index < -0.39 is 5.60 Å². The smallest absolute Gasteiger partial charge is 0.410 e. The largest absolute Gasteiger partial charge is 0.444 e. The van der Waals surface area contributed by atoms with Gasteiger partial charge in [-0.3, -0.25) is 0 Å². The number of halogens is 1. The summed E-state index contributed by atoms with van der Waals surface area (Å²) in [6.45, 7) is 8.81. The fraction of sp³-hybridized carbons (Fsp3) is 0.625. The first-order valence-electron chi connectivity index (χ1n) is 7.86. The second kappa shape index (κ2) is 7.22. The van der Waals surface area contributed by atoms with Crippen LogP contribution in [-0.2, 0) is 4.74 Å². The van der Waals surface area contributed by atoms with Crippen molar-refractivity contribution in [1.29, 1.82) is 5.26 Å². The second-order valence-electron chi connectivity index (χ2n) is 6.95. The Morgan fingerprint density at radius 2 is 2.25 bits per heavy atom. The molecule has 0 spiro atoms. The maximum absolute atomic E-state index is 12.2. The summed E-state index contributed by atoms with van der Waals surface area (Å²) in [5, 5.41) is 12.2. The molecule has 0 saturated carbocycles. The maximum Gasteiger partial charge on any atom is 0.410 e. The first-order valence-corrected chi connectivity index (χ1v) is 8.24. The van der Waals surface area contributed by atoms with Crippen molar-refractivity contribution in [2.75, 3.05) is 18.4 Å². The molecule has 0 radical (unpaired) electrons. The summed E-state index contributed by atoms with van der Waals surface area (Å²) in [6, 6.07) is 2.05. The molecule has 1 aliphatic heterocycles. The minimum atomic E-state index is -0.498. The van der Waals surface area contributed by atoms with E-state index in [1.54, 1.807) is 4.90 Å². The molecular formula is C16H22ClN5O2. The number of aromatic nitrogens is 2. The van der Waals surface area contributed by atoms with Gasteiger partial charge >= 0.3 is 6.09 Å². The van der Waals surface area contributed by atoms with Gasteiger partial charge in [-0.2, -0.15) is 10.2 Å². The Morgan fingerprint density at radius 3 is 2.79 bits per heavy atom. The molecule has 0 bridgehead atoms. The van der Waals surface area contributed by atoms with Crippen molar-refractivity contribution < 1.29 is 9.53 Å². The quantitative estimate of drug-likeness (QED) is 0.823. The summed E-state index contributed by atoms with van der Waals surface area (Å²) < 4.78 is 5.41. The van der Waals surface area contributed by atoms with Crippen LogP contribution in [0.15, 0.2) is 6.20 Å². The number of carbonyl (C=O) groups is 1. The van der Waals surface area contributed by atoms with Crippen molar-refractivity contribution in [3.8, 4) is 6.07 Å². The van der Waals surface area contributed by atoms with Gasteiger partial charge in [0.25, 0.3) is 0 Å². The summed E-state index contributed by atoms with van der Waals surface area (Å²) in [5.74, 6) is 0.589. The molecule has 0 unspecified atom stereocenters. The monoisotopic (exact) mass is 351 g/mol. The molecule has 0 aromatic carbocycles. The molecule has 1 saturated heterocycles. The van der Waals surface area contributed by atoms with Gasteiger partial charge in [-0.25, -0.2) is 9.78 Å². The lowest BCUT2D eigenvalue weighted by atomic mass is 9.94. The molecule has 0 aliphatic carbocycles. The van der Waals surface area contributed by atoms with Crippen LogP contribution < -0.4 is 5.32 Å². The van der Waals surface area contributed by atoms with Gasteiger partial charge < -0.3 is 15.0 Å². The number of amides is 1. The Labute approximate surface area is 147 Å². The van der Waals surface area contributed by atoms with E-state index in [0.29, 0.717) is 19.0 Å². The zero-order chi connectivity index (χ0) is 17.9. The lowest BCUT2D eigenvalue weighted by molar-refractivity contribution is 0.0165. The number of nitriles is 1. The molecule has 1 aromatic heterocycles. The number of nitrogens with one attached hydrogen (secondary N) is 1. The van der Waals surface area contributed by atoms with Crippen LogP contribution in [-0.4, -0.2) is 45.7 Å². The summed E-state index contributed by atoms with van der Waals surface area (Å²) in [5.41, 5.74) is -0.252. The molecule has 1 amide bonds. The zero-order valence-corrected chi connectivity index (χ0v) is 15.1. The van der Waals surface area contributed by atoms with Crippen LogP contribution in [0.1, 0.15) is 39.7 Å². The van der Waals surface area contributed by atoms with Gasteiger partial charge in [0.1, 0.15) is 17.2 Å². The van der Waals surface area contributed by atoms with Crippen LogP contribution >= 0.6 is 11.6 Å². The molecule has 8 heteroatoms. The molecule has 1 fully saturated rings. The highest BCUT2D eigenvalue weighted by Gasteiger charge is 2.31. The first kappa shape index (κ1) is 18.3. The molecule has 1 aliphatic rings. The molecule has 24 heavy (non-hydrogen) atoms. The van der Waals surface area contributed by atoms with Crippen molar-refractivity contribution in [2.24, 2.45) is 5.92 Å². The van der Waals surface area contributed by atoms with E-state index in [2.05, 4.69) is 22.2 Å². The van der Waals surface area contributed by atoms with Crippen LogP contribution in [0.4, 0.5) is 10.7 Å². The summed E-state index contributed by atoms with van der Waals surface area (Å²) in [4.78, 5) is 22.1. The Bertz CT molecular complexity index is 653. The molecule has 2 heterocycles. The number of likely N-dealkylation sites (tertiary alicyclic amines) is 1. The molecule has 2 rings (SSSR count). The third kappa shape index (κ3) is 4.71. The first-order chi connectivity index (χ1) is 11.2. The highest BCUT2D eigenvalue weighted by atomic mass is 35.5. The molecule has 130 valence electrons. The lowest BCUT2D eigenvalue weighted by Crippen LogP contribution is -2.49. The third-order valence-corrected chi connectivity index (χ3v) is 4.02. The predicted molar refractivity (Wildman–Crippen MR) is 90.8 cm³/mol. The zero-order valence-electron chi connectivity index (χ0n) is 14.3. The second-order valence-corrected chi connectivity index (χ2v) is 7.31. The normalized spacial score (nSPS) is 21.1. The molecule has 1 N–H and O–H groups in total. The Hall–Kier alpha value is -2.07. The van der Waals surface area contributed by atoms with Gasteiger partial charge in [0.15, 0.2) is 5.15 Å². The number of nitrogens with zero attached hydrogens (tertiary/aromatic N) is 4. The molecule has 1 aromatic rings. The minimum absolute atomic E-state index is 0.118. The van der Waals surface area contributed by atoms with E-state index in [9.17, 15) is 4.79 Å². The lowest BCUT2D eigenvalue weighted by Gasteiger charge is -2.37. The third-order valence-electron chi connectivity index (χ3n) is 3.73. The van der Waals surface area contributed by atoms with E-state index in [-0.39, 0.29) is 28.8 Å². The summed E-state index contributed by atoms with van der Waals surface area (Å²) in [7, 11) is 0. The van der Waals surface area contributed by atoms with Gasteiger partial charge in [0.2, 0.25) is 5.95 Å². The minimum Gasteiger partial charge on any atom is -0.444 e. The SMILES string of the molecule is C[C@@H]1CN(C(=O)OC(C)(C)C)CC[C@@H]1Nc1ncc(C#N)c(Cl)n1. The molecule has 7 nitrogen and oxygen atoms in total. The number of hydrogen-bond acceptors (Lipinski definition) is 6. The highest BCUT2D eigenvalue weighted by molar-refractivity contribution is 6.30. The predicted octanol–water partition coefficient (Wildman–Crippen LogP) is 3.06. The molecule has 2 atom stereocenters.